The molecule has 0 aliphatic rings. The number of carbonyl (C=O) groups is 1. The first-order valence-electron chi connectivity index (χ1n) is 6.48. The van der Waals surface area contributed by atoms with Crippen molar-refractivity contribution in [3.63, 3.8) is 0 Å². The van der Waals surface area contributed by atoms with Gasteiger partial charge in [-0.3, -0.25) is 4.79 Å². The second kappa shape index (κ2) is 7.69. The Labute approximate surface area is 126 Å². The zero-order valence-electron chi connectivity index (χ0n) is 11.6. The molecule has 1 aromatic rings. The first-order chi connectivity index (χ1) is 9.33. The van der Waals surface area contributed by atoms with Crippen LogP contribution >= 0.6 is 15.9 Å². The molecule has 0 saturated heterocycles. The van der Waals surface area contributed by atoms with E-state index in [1.807, 2.05) is 13.8 Å². The van der Waals surface area contributed by atoms with Crippen LogP contribution in [0.5, 0.6) is 0 Å². The maximum atomic E-state index is 13.6. The van der Waals surface area contributed by atoms with Crippen molar-refractivity contribution in [2.24, 2.45) is 17.6 Å². The first kappa shape index (κ1) is 17.0. The lowest BCUT2D eigenvalue weighted by Crippen LogP contribution is -2.23. The molecule has 1 aromatic carbocycles. The maximum absolute atomic E-state index is 13.6. The highest BCUT2D eigenvalue weighted by Gasteiger charge is 2.16. The number of carbonyl (C=O) groups excluding carboxylic acids is 1. The summed E-state index contributed by atoms with van der Waals surface area (Å²) in [5.41, 5.74) is 5.46. The molecule has 0 aromatic heterocycles. The van der Waals surface area contributed by atoms with Crippen molar-refractivity contribution in [2.75, 3.05) is 11.9 Å². The number of halogens is 3. The van der Waals surface area contributed by atoms with Crippen LogP contribution in [-0.4, -0.2) is 12.5 Å². The molecule has 0 fully saturated rings. The second-order valence-corrected chi connectivity index (χ2v) is 6.08. The van der Waals surface area contributed by atoms with Gasteiger partial charge in [0.2, 0.25) is 5.91 Å². The molecule has 20 heavy (non-hydrogen) atoms. The highest BCUT2D eigenvalue weighted by Crippen LogP contribution is 2.24. The number of rotatable bonds is 6. The number of hydrogen-bond acceptors (Lipinski definition) is 2. The average Bonchev–Trinajstić information content (AvgIpc) is 2.34. The number of nitrogens with two attached hydrogens (primary N) is 1. The molecule has 0 aliphatic heterocycles. The predicted molar refractivity (Wildman–Crippen MR) is 79.3 cm³/mol. The van der Waals surface area contributed by atoms with E-state index in [9.17, 15) is 13.6 Å². The van der Waals surface area contributed by atoms with Gasteiger partial charge in [0.25, 0.3) is 0 Å². The molecule has 1 amide bonds. The third kappa shape index (κ3) is 5.17. The Balaban J connectivity index is 2.68. The van der Waals surface area contributed by atoms with E-state index in [-0.39, 0.29) is 28.4 Å². The predicted octanol–water partition coefficient (Wildman–Crippen LogP) is 3.68. The topological polar surface area (TPSA) is 55.1 Å². The van der Waals surface area contributed by atoms with Gasteiger partial charge in [-0.05, 0) is 46.8 Å². The molecule has 0 spiro atoms. The van der Waals surface area contributed by atoms with Gasteiger partial charge >= 0.3 is 0 Å². The quantitative estimate of drug-likeness (QED) is 0.770. The fourth-order valence-corrected chi connectivity index (χ4v) is 2.33. The third-order valence-electron chi connectivity index (χ3n) is 2.90. The Hall–Kier alpha value is -1.01. The minimum atomic E-state index is -0.681. The zero-order chi connectivity index (χ0) is 15.3. The number of benzene rings is 1. The number of nitrogens with one attached hydrogen (secondary N) is 1. The van der Waals surface area contributed by atoms with Crippen molar-refractivity contribution >= 4 is 27.5 Å². The molecule has 0 bridgehead atoms. The Kier molecular flexibility index (Phi) is 6.55. The monoisotopic (exact) mass is 348 g/mol. The Morgan fingerprint density at radius 1 is 1.35 bits per heavy atom. The Morgan fingerprint density at radius 3 is 2.55 bits per heavy atom. The largest absolute Gasteiger partial charge is 0.330 e. The van der Waals surface area contributed by atoms with Crippen LogP contribution in [0.3, 0.4) is 0 Å². The standard InChI is InChI=1S/C14H19BrF2N2O/c1-8(2)3-9(7-18)4-14(20)19-13-6-11(16)10(15)5-12(13)17/h5-6,8-9H,3-4,7,18H2,1-2H3,(H,19,20). The second-order valence-electron chi connectivity index (χ2n) is 5.23. The number of hydrogen-bond donors (Lipinski definition) is 2. The minimum Gasteiger partial charge on any atom is -0.330 e. The summed E-state index contributed by atoms with van der Waals surface area (Å²) in [6.45, 7) is 4.48. The van der Waals surface area contributed by atoms with Crippen molar-refractivity contribution in [1.29, 1.82) is 0 Å². The van der Waals surface area contributed by atoms with E-state index in [4.69, 9.17) is 5.73 Å². The van der Waals surface area contributed by atoms with Gasteiger partial charge < -0.3 is 11.1 Å². The van der Waals surface area contributed by atoms with Crippen LogP contribution in [0, 0.1) is 23.5 Å². The fourth-order valence-electron chi connectivity index (χ4n) is 2.01. The summed E-state index contributed by atoms with van der Waals surface area (Å²) in [4.78, 5) is 11.8. The third-order valence-corrected chi connectivity index (χ3v) is 3.50. The minimum absolute atomic E-state index is 0.0210. The highest BCUT2D eigenvalue weighted by molar-refractivity contribution is 9.10. The summed E-state index contributed by atoms with van der Waals surface area (Å²) in [6.07, 6.45) is 1.02. The molecule has 6 heteroatoms. The number of amides is 1. The van der Waals surface area contributed by atoms with Crippen LogP contribution in [-0.2, 0) is 4.79 Å². The molecule has 3 N–H and O–H groups in total. The molecule has 0 heterocycles. The van der Waals surface area contributed by atoms with E-state index in [0.29, 0.717) is 12.5 Å². The molecule has 0 saturated carbocycles. The zero-order valence-corrected chi connectivity index (χ0v) is 13.1. The van der Waals surface area contributed by atoms with Crippen molar-refractivity contribution in [1.82, 2.24) is 0 Å². The van der Waals surface area contributed by atoms with Crippen LogP contribution in [0.25, 0.3) is 0 Å². The SMILES string of the molecule is CC(C)CC(CN)CC(=O)Nc1cc(F)c(Br)cc1F. The van der Waals surface area contributed by atoms with Gasteiger partial charge in [-0.15, -0.1) is 0 Å². The molecule has 1 unspecified atom stereocenters. The normalized spacial score (nSPS) is 12.6. The molecule has 0 aliphatic carbocycles. The lowest BCUT2D eigenvalue weighted by Gasteiger charge is -2.16. The van der Waals surface area contributed by atoms with Crippen molar-refractivity contribution in [3.8, 4) is 0 Å². The van der Waals surface area contributed by atoms with Crippen molar-refractivity contribution in [2.45, 2.75) is 26.7 Å². The fraction of sp³-hybridized carbons (Fsp3) is 0.500. The summed E-state index contributed by atoms with van der Waals surface area (Å²) in [5.74, 6) is -1.20. The lowest BCUT2D eigenvalue weighted by molar-refractivity contribution is -0.117. The molecule has 1 rings (SSSR count). The first-order valence-corrected chi connectivity index (χ1v) is 7.27. The van der Waals surface area contributed by atoms with E-state index in [0.717, 1.165) is 18.6 Å². The van der Waals surface area contributed by atoms with Crippen LogP contribution in [0.4, 0.5) is 14.5 Å². The number of anilines is 1. The van der Waals surface area contributed by atoms with Gasteiger partial charge in [-0.1, -0.05) is 13.8 Å². The summed E-state index contributed by atoms with van der Waals surface area (Å²) in [6, 6.07) is 1.94. The molecule has 1 atom stereocenters. The summed E-state index contributed by atoms with van der Waals surface area (Å²) in [7, 11) is 0. The van der Waals surface area contributed by atoms with E-state index in [2.05, 4.69) is 21.2 Å². The van der Waals surface area contributed by atoms with Gasteiger partial charge in [0.15, 0.2) is 0 Å². The van der Waals surface area contributed by atoms with E-state index >= 15 is 0 Å². The highest BCUT2D eigenvalue weighted by atomic mass is 79.9. The Morgan fingerprint density at radius 2 is 2.00 bits per heavy atom. The smallest absolute Gasteiger partial charge is 0.224 e. The van der Waals surface area contributed by atoms with Gasteiger partial charge in [-0.25, -0.2) is 8.78 Å². The van der Waals surface area contributed by atoms with Gasteiger partial charge in [0.05, 0.1) is 10.2 Å². The van der Waals surface area contributed by atoms with Gasteiger partial charge in [-0.2, -0.15) is 0 Å². The molecule has 3 nitrogen and oxygen atoms in total. The lowest BCUT2D eigenvalue weighted by atomic mass is 9.94. The Bertz CT molecular complexity index is 480. The average molecular weight is 349 g/mol. The summed E-state index contributed by atoms with van der Waals surface area (Å²) < 4.78 is 26.9. The van der Waals surface area contributed by atoms with E-state index < -0.39 is 11.6 Å². The summed E-state index contributed by atoms with van der Waals surface area (Å²) in [5, 5.41) is 2.39. The van der Waals surface area contributed by atoms with Crippen molar-refractivity contribution < 1.29 is 13.6 Å². The molecule has 112 valence electrons. The molecular formula is C14H19BrF2N2O. The van der Waals surface area contributed by atoms with Gasteiger partial charge in [0.1, 0.15) is 11.6 Å². The van der Waals surface area contributed by atoms with Gasteiger partial charge in [0, 0.05) is 12.5 Å². The maximum Gasteiger partial charge on any atom is 0.224 e. The molecular weight excluding hydrogens is 330 g/mol. The summed E-state index contributed by atoms with van der Waals surface area (Å²) >= 11 is 2.88. The van der Waals surface area contributed by atoms with Crippen LogP contribution in [0.2, 0.25) is 0 Å². The van der Waals surface area contributed by atoms with E-state index in [1.54, 1.807) is 0 Å². The van der Waals surface area contributed by atoms with E-state index in [1.165, 1.54) is 0 Å². The van der Waals surface area contributed by atoms with Crippen LogP contribution in [0.15, 0.2) is 16.6 Å². The van der Waals surface area contributed by atoms with Crippen molar-refractivity contribution in [3.05, 3.63) is 28.2 Å². The molecule has 0 radical (unpaired) electrons. The van der Waals surface area contributed by atoms with Crippen LogP contribution in [0.1, 0.15) is 26.7 Å². The van der Waals surface area contributed by atoms with Crippen LogP contribution < -0.4 is 11.1 Å².